The number of nitrogens with zero attached hydrogens (tertiary/aromatic N) is 1. The second-order valence-electron chi connectivity index (χ2n) is 5.42. The van der Waals surface area contributed by atoms with Gasteiger partial charge in [-0.25, -0.2) is 0 Å². The summed E-state index contributed by atoms with van der Waals surface area (Å²) in [7, 11) is 0. The monoisotopic (exact) mass is 266 g/mol. The Hall–Kier alpha value is -0.290. The predicted octanol–water partition coefficient (Wildman–Crippen LogP) is 3.04. The van der Waals surface area contributed by atoms with Crippen LogP contribution in [-0.4, -0.2) is 43.3 Å². The van der Waals surface area contributed by atoms with E-state index >= 15 is 0 Å². The summed E-state index contributed by atoms with van der Waals surface area (Å²) in [5.74, 6) is 0.578. The summed E-state index contributed by atoms with van der Waals surface area (Å²) in [6.07, 6.45) is 0.180. The van der Waals surface area contributed by atoms with Gasteiger partial charge in [-0.05, 0) is 58.2 Å². The van der Waals surface area contributed by atoms with Crippen LogP contribution in [0.5, 0.6) is 0 Å². The molecule has 0 aromatic heterocycles. The van der Waals surface area contributed by atoms with Gasteiger partial charge in [0.1, 0.15) is 0 Å². The maximum absolute atomic E-state index is 12.1. The largest absolute Gasteiger partial charge is 0.401 e. The maximum atomic E-state index is 12.1. The van der Waals surface area contributed by atoms with Crippen molar-refractivity contribution in [1.29, 1.82) is 0 Å². The van der Waals surface area contributed by atoms with Crippen LogP contribution in [0.1, 0.15) is 39.5 Å². The highest BCUT2D eigenvalue weighted by molar-refractivity contribution is 4.76. The fourth-order valence-corrected chi connectivity index (χ4v) is 2.64. The molecule has 1 fully saturated rings. The number of hydrogen-bond donors (Lipinski definition) is 1. The molecule has 1 atom stereocenters. The normalized spacial score (nSPS) is 21.2. The summed E-state index contributed by atoms with van der Waals surface area (Å²) in [6.45, 7) is 6.51. The van der Waals surface area contributed by atoms with Crippen LogP contribution < -0.4 is 5.32 Å². The molecule has 1 heterocycles. The highest BCUT2D eigenvalue weighted by Gasteiger charge is 2.28. The van der Waals surface area contributed by atoms with Crippen molar-refractivity contribution in [3.8, 4) is 0 Å². The lowest BCUT2D eigenvalue weighted by Crippen LogP contribution is -2.39. The number of hydrogen-bond acceptors (Lipinski definition) is 2. The van der Waals surface area contributed by atoms with Crippen LogP contribution >= 0.6 is 0 Å². The van der Waals surface area contributed by atoms with E-state index in [1.807, 2.05) is 6.92 Å². The highest BCUT2D eigenvalue weighted by Crippen LogP contribution is 2.22. The predicted molar refractivity (Wildman–Crippen MR) is 67.6 cm³/mol. The first-order valence-corrected chi connectivity index (χ1v) is 6.93. The average molecular weight is 266 g/mol. The average Bonchev–Trinajstić information content (AvgIpc) is 2.29. The molecule has 1 unspecified atom stereocenters. The van der Waals surface area contributed by atoms with Crippen molar-refractivity contribution in [3.05, 3.63) is 0 Å². The Kier molecular flexibility index (Phi) is 6.43. The molecule has 0 aliphatic carbocycles. The molecule has 108 valence electrons. The Morgan fingerprint density at radius 3 is 2.39 bits per heavy atom. The van der Waals surface area contributed by atoms with Crippen LogP contribution in [0.4, 0.5) is 13.2 Å². The fourth-order valence-electron chi connectivity index (χ4n) is 2.64. The third kappa shape index (κ3) is 6.59. The van der Waals surface area contributed by atoms with Crippen molar-refractivity contribution < 1.29 is 13.2 Å². The van der Waals surface area contributed by atoms with Gasteiger partial charge < -0.3 is 10.2 Å². The highest BCUT2D eigenvalue weighted by atomic mass is 19.4. The molecule has 5 heteroatoms. The molecule has 0 aromatic carbocycles. The lowest BCUT2D eigenvalue weighted by atomic mass is 9.90. The van der Waals surface area contributed by atoms with E-state index in [4.69, 9.17) is 0 Å². The van der Waals surface area contributed by atoms with E-state index in [-0.39, 0.29) is 6.04 Å². The van der Waals surface area contributed by atoms with Gasteiger partial charge in [-0.3, -0.25) is 0 Å². The van der Waals surface area contributed by atoms with Gasteiger partial charge in [-0.15, -0.1) is 0 Å². The molecule has 0 saturated carbocycles. The summed E-state index contributed by atoms with van der Waals surface area (Å²) in [5, 5.41) is 2.57. The van der Waals surface area contributed by atoms with Gasteiger partial charge >= 0.3 is 6.18 Å². The van der Waals surface area contributed by atoms with Crippen LogP contribution in [0.2, 0.25) is 0 Å². The molecule has 2 nitrogen and oxygen atoms in total. The van der Waals surface area contributed by atoms with Gasteiger partial charge in [0.15, 0.2) is 0 Å². The van der Waals surface area contributed by atoms with Crippen molar-refractivity contribution in [2.75, 3.05) is 26.2 Å². The van der Waals surface area contributed by atoms with Gasteiger partial charge in [0, 0.05) is 6.04 Å². The smallest absolute Gasteiger partial charge is 0.306 e. The lowest BCUT2D eigenvalue weighted by molar-refractivity contribution is -0.126. The molecule has 0 aromatic rings. The van der Waals surface area contributed by atoms with Crippen molar-refractivity contribution in [2.45, 2.75) is 51.7 Å². The second kappa shape index (κ2) is 7.34. The van der Waals surface area contributed by atoms with Gasteiger partial charge in [-0.1, -0.05) is 6.92 Å². The first kappa shape index (κ1) is 15.8. The summed E-state index contributed by atoms with van der Waals surface area (Å²) in [6, 6.07) is -0.0469. The minimum atomic E-state index is -4.10. The molecular formula is C13H25F3N2. The van der Waals surface area contributed by atoms with E-state index in [0.29, 0.717) is 5.92 Å². The Morgan fingerprint density at radius 1 is 1.28 bits per heavy atom. The molecule has 1 rings (SSSR count). The molecule has 1 saturated heterocycles. The zero-order valence-corrected chi connectivity index (χ0v) is 11.4. The Morgan fingerprint density at radius 2 is 1.89 bits per heavy atom. The summed E-state index contributed by atoms with van der Waals surface area (Å²) in [4.78, 5) is 2.45. The molecule has 1 aliphatic rings. The Labute approximate surface area is 108 Å². The quantitative estimate of drug-likeness (QED) is 0.795. The van der Waals surface area contributed by atoms with E-state index in [0.717, 1.165) is 38.9 Å². The first-order chi connectivity index (χ1) is 8.40. The SMILES string of the molecule is CCCN1CCC(CC(C)NCC(F)(F)F)CC1. The van der Waals surface area contributed by atoms with Crippen LogP contribution in [-0.2, 0) is 0 Å². The molecule has 1 N–H and O–H groups in total. The van der Waals surface area contributed by atoms with E-state index in [1.165, 1.54) is 6.42 Å². The molecule has 0 spiro atoms. The summed E-state index contributed by atoms with van der Waals surface area (Å²) >= 11 is 0. The van der Waals surface area contributed by atoms with Crippen LogP contribution in [0.15, 0.2) is 0 Å². The first-order valence-electron chi connectivity index (χ1n) is 6.93. The van der Waals surface area contributed by atoms with Gasteiger partial charge in [0.2, 0.25) is 0 Å². The maximum Gasteiger partial charge on any atom is 0.401 e. The summed E-state index contributed by atoms with van der Waals surface area (Å²) < 4.78 is 36.2. The van der Waals surface area contributed by atoms with Gasteiger partial charge in [0.05, 0.1) is 6.54 Å². The van der Waals surface area contributed by atoms with E-state index in [1.54, 1.807) is 0 Å². The Balaban J connectivity index is 2.16. The van der Waals surface area contributed by atoms with E-state index in [9.17, 15) is 13.2 Å². The standard InChI is InChI=1S/C13H25F3N2/c1-3-6-18-7-4-12(5-8-18)9-11(2)17-10-13(14,15)16/h11-12,17H,3-10H2,1-2H3. The molecular weight excluding hydrogens is 241 g/mol. The van der Waals surface area contributed by atoms with Crippen molar-refractivity contribution in [3.63, 3.8) is 0 Å². The fraction of sp³-hybridized carbons (Fsp3) is 1.00. The number of likely N-dealkylation sites (tertiary alicyclic amines) is 1. The van der Waals surface area contributed by atoms with Gasteiger partial charge in [-0.2, -0.15) is 13.2 Å². The van der Waals surface area contributed by atoms with Crippen LogP contribution in [0.3, 0.4) is 0 Å². The van der Waals surface area contributed by atoms with E-state index in [2.05, 4.69) is 17.1 Å². The molecule has 1 aliphatic heterocycles. The lowest BCUT2D eigenvalue weighted by Gasteiger charge is -2.33. The molecule has 0 amide bonds. The minimum absolute atomic E-state index is 0.0469. The number of alkyl halides is 3. The second-order valence-corrected chi connectivity index (χ2v) is 5.42. The molecule has 0 bridgehead atoms. The Bertz CT molecular complexity index is 223. The van der Waals surface area contributed by atoms with Gasteiger partial charge in [0.25, 0.3) is 0 Å². The zero-order chi connectivity index (χ0) is 13.6. The topological polar surface area (TPSA) is 15.3 Å². The van der Waals surface area contributed by atoms with Crippen LogP contribution in [0.25, 0.3) is 0 Å². The number of halogens is 3. The minimum Gasteiger partial charge on any atom is -0.306 e. The third-order valence-electron chi connectivity index (χ3n) is 3.58. The number of rotatable bonds is 6. The van der Waals surface area contributed by atoms with Crippen molar-refractivity contribution in [1.82, 2.24) is 10.2 Å². The van der Waals surface area contributed by atoms with Crippen LogP contribution in [0, 0.1) is 5.92 Å². The zero-order valence-electron chi connectivity index (χ0n) is 11.4. The molecule has 18 heavy (non-hydrogen) atoms. The number of nitrogens with one attached hydrogen (secondary N) is 1. The summed E-state index contributed by atoms with van der Waals surface area (Å²) in [5.41, 5.74) is 0. The molecule has 0 radical (unpaired) electrons. The third-order valence-corrected chi connectivity index (χ3v) is 3.58. The van der Waals surface area contributed by atoms with Crippen molar-refractivity contribution >= 4 is 0 Å². The number of piperidine rings is 1. The van der Waals surface area contributed by atoms with E-state index < -0.39 is 12.7 Å². The van der Waals surface area contributed by atoms with Crippen molar-refractivity contribution in [2.24, 2.45) is 5.92 Å².